The van der Waals surface area contributed by atoms with Crippen LogP contribution >= 0.6 is 0 Å². The van der Waals surface area contributed by atoms with E-state index in [1.54, 1.807) is 6.07 Å². The van der Waals surface area contributed by atoms with E-state index < -0.39 is 4.92 Å². The van der Waals surface area contributed by atoms with Gasteiger partial charge in [0, 0.05) is 25.7 Å². The van der Waals surface area contributed by atoms with Gasteiger partial charge < -0.3 is 10.6 Å². The van der Waals surface area contributed by atoms with Crippen molar-refractivity contribution in [3.63, 3.8) is 0 Å². The van der Waals surface area contributed by atoms with E-state index in [4.69, 9.17) is 0 Å². The summed E-state index contributed by atoms with van der Waals surface area (Å²) in [5.74, 6) is 0.634. The fourth-order valence-electron chi connectivity index (χ4n) is 2.25. The Morgan fingerprint density at radius 2 is 2.10 bits per heavy atom. The lowest BCUT2D eigenvalue weighted by Gasteiger charge is -2.07. The van der Waals surface area contributed by atoms with Crippen molar-refractivity contribution in [3.8, 4) is 0 Å². The zero-order chi connectivity index (χ0) is 13.9. The number of nitrogens with zero attached hydrogens (tertiary/aromatic N) is 2. The third-order valence-electron chi connectivity index (χ3n) is 3.33. The van der Waals surface area contributed by atoms with E-state index in [1.165, 1.54) is 29.0 Å². The predicted molar refractivity (Wildman–Crippen MR) is 75.2 cm³/mol. The van der Waals surface area contributed by atoms with Crippen LogP contribution in [-0.2, 0) is 19.6 Å². The van der Waals surface area contributed by atoms with Gasteiger partial charge in [-0.2, -0.15) is 0 Å². The standard InChI is InChI=1S/C14H14N4O2/c19-18(20)13-3-4-14(17-9-13)16-6-10-1-2-11-7-15-8-12(11)5-10/h1-5,9,15H,6-8H2,(H,16,17). The summed E-state index contributed by atoms with van der Waals surface area (Å²) in [6.45, 7) is 2.50. The molecule has 102 valence electrons. The van der Waals surface area contributed by atoms with E-state index in [1.807, 2.05) is 0 Å². The van der Waals surface area contributed by atoms with Gasteiger partial charge in [-0.25, -0.2) is 4.98 Å². The summed E-state index contributed by atoms with van der Waals surface area (Å²) in [5, 5.41) is 17.0. The van der Waals surface area contributed by atoms with Crippen LogP contribution in [0.15, 0.2) is 36.5 Å². The number of nitro groups is 1. The fourth-order valence-corrected chi connectivity index (χ4v) is 2.25. The number of aromatic nitrogens is 1. The van der Waals surface area contributed by atoms with Crippen LogP contribution in [0.1, 0.15) is 16.7 Å². The van der Waals surface area contributed by atoms with Crippen molar-refractivity contribution in [3.05, 3.63) is 63.3 Å². The Morgan fingerprint density at radius 3 is 2.85 bits per heavy atom. The quantitative estimate of drug-likeness (QED) is 0.657. The van der Waals surface area contributed by atoms with Crippen LogP contribution in [0.2, 0.25) is 0 Å². The summed E-state index contributed by atoms with van der Waals surface area (Å²) in [6, 6.07) is 9.46. The predicted octanol–water partition coefficient (Wildman–Crippen LogP) is 2.21. The third kappa shape index (κ3) is 2.60. The number of benzene rings is 1. The minimum Gasteiger partial charge on any atom is -0.366 e. The minimum absolute atomic E-state index is 0.000782. The fraction of sp³-hybridized carbons (Fsp3) is 0.214. The average Bonchev–Trinajstić information content (AvgIpc) is 2.93. The molecule has 1 aliphatic rings. The molecule has 0 amide bonds. The van der Waals surface area contributed by atoms with E-state index in [2.05, 4.69) is 33.8 Å². The highest BCUT2D eigenvalue weighted by atomic mass is 16.6. The summed E-state index contributed by atoms with van der Waals surface area (Å²) in [7, 11) is 0. The molecule has 0 atom stereocenters. The first-order chi connectivity index (χ1) is 9.72. The van der Waals surface area contributed by atoms with Crippen LogP contribution < -0.4 is 10.6 Å². The Balaban J connectivity index is 1.65. The Morgan fingerprint density at radius 1 is 1.25 bits per heavy atom. The van der Waals surface area contributed by atoms with Crippen LogP contribution in [0.25, 0.3) is 0 Å². The highest BCUT2D eigenvalue weighted by molar-refractivity contribution is 5.42. The molecule has 1 aromatic carbocycles. The monoisotopic (exact) mass is 270 g/mol. The maximum Gasteiger partial charge on any atom is 0.287 e. The van der Waals surface area contributed by atoms with E-state index >= 15 is 0 Å². The number of nitrogens with one attached hydrogen (secondary N) is 2. The number of rotatable bonds is 4. The lowest BCUT2D eigenvalue weighted by atomic mass is 10.1. The van der Waals surface area contributed by atoms with E-state index in [0.717, 1.165) is 13.1 Å². The van der Waals surface area contributed by atoms with Gasteiger partial charge in [0.1, 0.15) is 12.0 Å². The van der Waals surface area contributed by atoms with Crippen LogP contribution in [0.4, 0.5) is 11.5 Å². The highest BCUT2D eigenvalue weighted by Crippen LogP contribution is 2.18. The van der Waals surface area contributed by atoms with Crippen molar-refractivity contribution >= 4 is 11.5 Å². The SMILES string of the molecule is O=[N+]([O-])c1ccc(NCc2ccc3c(c2)CNC3)nc1. The first-order valence-corrected chi connectivity index (χ1v) is 6.38. The molecule has 0 saturated carbocycles. The lowest BCUT2D eigenvalue weighted by Crippen LogP contribution is -2.02. The topological polar surface area (TPSA) is 80.1 Å². The van der Waals surface area contributed by atoms with Crippen molar-refractivity contribution < 1.29 is 4.92 Å². The smallest absolute Gasteiger partial charge is 0.287 e. The summed E-state index contributed by atoms with van der Waals surface area (Å²) >= 11 is 0. The molecule has 6 heteroatoms. The molecule has 20 heavy (non-hydrogen) atoms. The molecule has 0 fully saturated rings. The van der Waals surface area contributed by atoms with Gasteiger partial charge in [-0.3, -0.25) is 10.1 Å². The number of fused-ring (bicyclic) bond motifs is 1. The molecule has 0 saturated heterocycles. The van der Waals surface area contributed by atoms with E-state index in [-0.39, 0.29) is 5.69 Å². The first-order valence-electron chi connectivity index (χ1n) is 6.38. The lowest BCUT2D eigenvalue weighted by molar-refractivity contribution is -0.385. The summed E-state index contributed by atoms with van der Waals surface area (Å²) in [4.78, 5) is 14.1. The highest BCUT2D eigenvalue weighted by Gasteiger charge is 2.10. The maximum atomic E-state index is 10.5. The van der Waals surface area contributed by atoms with Crippen LogP contribution in [0.5, 0.6) is 0 Å². The zero-order valence-electron chi connectivity index (χ0n) is 10.8. The molecule has 0 aliphatic carbocycles. The van der Waals surface area contributed by atoms with Crippen molar-refractivity contribution in [2.75, 3.05) is 5.32 Å². The number of anilines is 1. The normalized spacial score (nSPS) is 13.0. The molecular weight excluding hydrogens is 256 g/mol. The first kappa shape index (κ1) is 12.6. The molecule has 0 radical (unpaired) electrons. The Kier molecular flexibility index (Phi) is 3.30. The largest absolute Gasteiger partial charge is 0.366 e. The van der Waals surface area contributed by atoms with Gasteiger partial charge in [0.25, 0.3) is 5.69 Å². The van der Waals surface area contributed by atoms with Crippen molar-refractivity contribution in [2.45, 2.75) is 19.6 Å². The molecule has 1 aromatic heterocycles. The maximum absolute atomic E-state index is 10.5. The Bertz CT molecular complexity index is 640. The second kappa shape index (κ2) is 5.26. The number of pyridine rings is 1. The molecule has 2 aromatic rings. The molecule has 0 bridgehead atoms. The van der Waals surface area contributed by atoms with Gasteiger partial charge in [0.2, 0.25) is 0 Å². The summed E-state index contributed by atoms with van der Waals surface area (Å²) < 4.78 is 0. The molecule has 3 rings (SSSR count). The van der Waals surface area contributed by atoms with Gasteiger partial charge in [0.15, 0.2) is 0 Å². The van der Waals surface area contributed by atoms with E-state index in [9.17, 15) is 10.1 Å². The Labute approximate surface area is 116 Å². The second-order valence-corrected chi connectivity index (χ2v) is 4.72. The van der Waals surface area contributed by atoms with Gasteiger partial charge in [-0.1, -0.05) is 18.2 Å². The molecule has 0 unspecified atom stereocenters. The minimum atomic E-state index is -0.454. The molecular formula is C14H14N4O2. The zero-order valence-corrected chi connectivity index (χ0v) is 10.8. The molecule has 2 N–H and O–H groups in total. The van der Waals surface area contributed by atoms with Gasteiger partial charge in [-0.05, 0) is 22.8 Å². The molecule has 6 nitrogen and oxygen atoms in total. The number of hydrogen-bond donors (Lipinski definition) is 2. The summed E-state index contributed by atoms with van der Waals surface area (Å²) in [5.41, 5.74) is 3.86. The molecule has 2 heterocycles. The number of hydrogen-bond acceptors (Lipinski definition) is 5. The molecule has 1 aliphatic heterocycles. The molecule has 0 spiro atoms. The van der Waals surface area contributed by atoms with Crippen molar-refractivity contribution in [2.24, 2.45) is 0 Å². The van der Waals surface area contributed by atoms with Crippen LogP contribution in [0.3, 0.4) is 0 Å². The van der Waals surface area contributed by atoms with Crippen LogP contribution in [0, 0.1) is 10.1 Å². The Hall–Kier alpha value is -2.47. The average molecular weight is 270 g/mol. The third-order valence-corrected chi connectivity index (χ3v) is 3.33. The summed E-state index contributed by atoms with van der Waals surface area (Å²) in [6.07, 6.45) is 1.26. The van der Waals surface area contributed by atoms with E-state index in [0.29, 0.717) is 12.4 Å². The van der Waals surface area contributed by atoms with Crippen molar-refractivity contribution in [1.82, 2.24) is 10.3 Å². The van der Waals surface area contributed by atoms with Crippen molar-refractivity contribution in [1.29, 1.82) is 0 Å². The van der Waals surface area contributed by atoms with Gasteiger partial charge >= 0.3 is 0 Å². The second-order valence-electron chi connectivity index (χ2n) is 4.72. The van der Waals surface area contributed by atoms with Gasteiger partial charge in [-0.15, -0.1) is 0 Å². The van der Waals surface area contributed by atoms with Gasteiger partial charge in [0.05, 0.1) is 4.92 Å². The van der Waals surface area contributed by atoms with Crippen LogP contribution in [-0.4, -0.2) is 9.91 Å².